The lowest BCUT2D eigenvalue weighted by Gasteiger charge is -2.33. The van der Waals surface area contributed by atoms with Crippen molar-refractivity contribution in [3.8, 4) is 0 Å². The van der Waals surface area contributed by atoms with Crippen LogP contribution in [0.3, 0.4) is 0 Å². The van der Waals surface area contributed by atoms with E-state index in [0.29, 0.717) is 25.9 Å². The van der Waals surface area contributed by atoms with Crippen molar-refractivity contribution in [1.82, 2.24) is 10.2 Å². The minimum absolute atomic E-state index is 0.0201. The number of likely N-dealkylation sites (tertiary alicyclic amines) is 1. The van der Waals surface area contributed by atoms with Crippen LogP contribution in [0.15, 0.2) is 24.3 Å². The number of nitrogens with one attached hydrogen (secondary N) is 2. The van der Waals surface area contributed by atoms with Gasteiger partial charge >= 0.3 is 6.03 Å². The Kier molecular flexibility index (Phi) is 5.23. The summed E-state index contributed by atoms with van der Waals surface area (Å²) < 4.78 is 13.6. The molecular weight excluding hydrogens is 297 g/mol. The summed E-state index contributed by atoms with van der Waals surface area (Å²) >= 11 is 0. The molecule has 1 aromatic carbocycles. The second-order valence-corrected chi connectivity index (χ2v) is 6.89. The zero-order valence-electron chi connectivity index (χ0n) is 13.9. The number of para-hydroxylation sites is 1. The number of anilines is 1. The Bertz CT molecular complexity index is 575. The topological polar surface area (TPSA) is 61.4 Å². The van der Waals surface area contributed by atoms with Gasteiger partial charge in [-0.25, -0.2) is 9.18 Å². The Balaban J connectivity index is 1.83. The predicted octanol–water partition coefficient (Wildman–Crippen LogP) is 2.98. The Hall–Kier alpha value is -2.11. The first-order valence-corrected chi connectivity index (χ1v) is 7.89. The number of amides is 3. The minimum Gasteiger partial charge on any atom is -0.353 e. The molecule has 1 aliphatic rings. The number of benzene rings is 1. The maximum Gasteiger partial charge on any atom is 0.321 e. The van der Waals surface area contributed by atoms with Gasteiger partial charge < -0.3 is 15.5 Å². The molecule has 6 heteroatoms. The van der Waals surface area contributed by atoms with Crippen LogP contribution in [0, 0.1) is 11.2 Å². The third kappa shape index (κ3) is 4.68. The molecule has 1 fully saturated rings. The molecule has 0 atom stereocenters. The summed E-state index contributed by atoms with van der Waals surface area (Å²) in [4.78, 5) is 25.8. The molecule has 126 valence electrons. The van der Waals surface area contributed by atoms with E-state index in [-0.39, 0.29) is 23.7 Å². The van der Waals surface area contributed by atoms with E-state index in [4.69, 9.17) is 0 Å². The number of rotatable bonds is 2. The summed E-state index contributed by atoms with van der Waals surface area (Å²) in [5.41, 5.74) is -0.236. The normalized spacial score (nSPS) is 16.1. The molecule has 0 saturated carbocycles. The zero-order chi connectivity index (χ0) is 17.0. The van der Waals surface area contributed by atoms with Crippen molar-refractivity contribution in [2.45, 2.75) is 39.7 Å². The van der Waals surface area contributed by atoms with E-state index in [0.717, 1.165) is 0 Å². The van der Waals surface area contributed by atoms with Gasteiger partial charge in [0.15, 0.2) is 0 Å². The van der Waals surface area contributed by atoms with Crippen LogP contribution in [0.5, 0.6) is 0 Å². The molecule has 23 heavy (non-hydrogen) atoms. The maximum absolute atomic E-state index is 13.6. The first-order valence-electron chi connectivity index (χ1n) is 7.89. The van der Waals surface area contributed by atoms with Gasteiger partial charge in [0, 0.05) is 24.5 Å². The van der Waals surface area contributed by atoms with Crippen LogP contribution < -0.4 is 10.6 Å². The highest BCUT2D eigenvalue weighted by molar-refractivity contribution is 5.89. The Morgan fingerprint density at radius 2 is 1.78 bits per heavy atom. The highest BCUT2D eigenvalue weighted by atomic mass is 19.1. The van der Waals surface area contributed by atoms with Crippen LogP contribution in [0.25, 0.3) is 0 Å². The molecular formula is C17H24FN3O2. The van der Waals surface area contributed by atoms with E-state index < -0.39 is 11.2 Å². The summed E-state index contributed by atoms with van der Waals surface area (Å²) in [5.74, 6) is -0.431. The van der Waals surface area contributed by atoms with Gasteiger partial charge in [-0.2, -0.15) is 0 Å². The smallest absolute Gasteiger partial charge is 0.321 e. The molecule has 1 saturated heterocycles. The lowest BCUT2D eigenvalue weighted by molar-refractivity contribution is -0.129. The average molecular weight is 321 g/mol. The highest BCUT2D eigenvalue weighted by Crippen LogP contribution is 2.18. The number of nitrogens with zero attached hydrogens (tertiary/aromatic N) is 1. The van der Waals surface area contributed by atoms with Gasteiger partial charge in [-0.05, 0) is 25.0 Å². The van der Waals surface area contributed by atoms with Crippen molar-refractivity contribution >= 4 is 17.6 Å². The van der Waals surface area contributed by atoms with Gasteiger partial charge in [0.2, 0.25) is 5.91 Å². The summed E-state index contributed by atoms with van der Waals surface area (Å²) in [5, 5.41) is 5.60. The molecule has 1 aromatic rings. The molecule has 0 radical (unpaired) electrons. The molecule has 2 N–H and O–H groups in total. The number of piperidine rings is 1. The number of carbonyl (C=O) groups is 2. The number of urea groups is 1. The van der Waals surface area contributed by atoms with E-state index >= 15 is 0 Å². The second kappa shape index (κ2) is 6.98. The third-order valence-corrected chi connectivity index (χ3v) is 3.91. The molecule has 1 aliphatic heterocycles. The Morgan fingerprint density at radius 3 is 2.35 bits per heavy atom. The lowest BCUT2D eigenvalue weighted by atomic mass is 9.94. The Labute approximate surface area is 136 Å². The van der Waals surface area contributed by atoms with E-state index in [1.54, 1.807) is 17.0 Å². The molecule has 0 aliphatic carbocycles. The fraction of sp³-hybridized carbons (Fsp3) is 0.529. The van der Waals surface area contributed by atoms with Crippen LogP contribution in [0.4, 0.5) is 14.9 Å². The van der Waals surface area contributed by atoms with E-state index in [9.17, 15) is 14.0 Å². The molecule has 2 rings (SSSR count). The van der Waals surface area contributed by atoms with E-state index in [1.807, 2.05) is 20.8 Å². The molecule has 0 spiro atoms. The van der Waals surface area contributed by atoms with Crippen molar-refractivity contribution in [3.63, 3.8) is 0 Å². The first-order chi connectivity index (χ1) is 10.8. The van der Waals surface area contributed by atoms with Crippen molar-refractivity contribution < 1.29 is 14.0 Å². The quantitative estimate of drug-likeness (QED) is 0.879. The monoisotopic (exact) mass is 321 g/mol. The van der Waals surface area contributed by atoms with Gasteiger partial charge in [-0.3, -0.25) is 4.79 Å². The summed E-state index contributed by atoms with van der Waals surface area (Å²) in [7, 11) is 0. The van der Waals surface area contributed by atoms with Gasteiger partial charge in [0.05, 0.1) is 5.69 Å². The van der Waals surface area contributed by atoms with Crippen molar-refractivity contribution in [2.75, 3.05) is 18.4 Å². The fourth-order valence-corrected chi connectivity index (χ4v) is 2.39. The van der Waals surface area contributed by atoms with Crippen molar-refractivity contribution in [1.29, 1.82) is 0 Å². The first kappa shape index (κ1) is 17.2. The van der Waals surface area contributed by atoms with Crippen LogP contribution >= 0.6 is 0 Å². The zero-order valence-corrected chi connectivity index (χ0v) is 13.9. The summed E-state index contributed by atoms with van der Waals surface area (Å²) in [6.45, 7) is 6.70. The Morgan fingerprint density at radius 1 is 1.17 bits per heavy atom. The number of halogens is 1. The van der Waals surface area contributed by atoms with Gasteiger partial charge in [0.25, 0.3) is 0 Å². The standard InChI is InChI=1S/C17H24FN3O2/c1-17(2,3)15(22)19-12-8-10-21(11-9-12)16(23)20-14-7-5-4-6-13(14)18/h4-7,12H,8-11H2,1-3H3,(H,19,22)(H,20,23). The van der Waals surface area contributed by atoms with Gasteiger partial charge in [-0.1, -0.05) is 32.9 Å². The predicted molar refractivity (Wildman–Crippen MR) is 87.6 cm³/mol. The maximum atomic E-state index is 13.6. The fourth-order valence-electron chi connectivity index (χ4n) is 2.39. The molecule has 3 amide bonds. The van der Waals surface area contributed by atoms with Crippen LogP contribution in [-0.2, 0) is 4.79 Å². The van der Waals surface area contributed by atoms with Gasteiger partial charge in [0.1, 0.15) is 5.82 Å². The highest BCUT2D eigenvalue weighted by Gasteiger charge is 2.28. The minimum atomic E-state index is -0.451. The molecule has 0 bridgehead atoms. The molecule has 1 heterocycles. The molecule has 5 nitrogen and oxygen atoms in total. The number of hydrogen-bond donors (Lipinski definition) is 2. The SMILES string of the molecule is CC(C)(C)C(=O)NC1CCN(C(=O)Nc2ccccc2F)CC1. The van der Waals surface area contributed by atoms with Crippen molar-refractivity contribution in [3.05, 3.63) is 30.1 Å². The number of carbonyl (C=O) groups excluding carboxylic acids is 2. The van der Waals surface area contributed by atoms with E-state index in [1.165, 1.54) is 12.1 Å². The largest absolute Gasteiger partial charge is 0.353 e. The number of hydrogen-bond acceptors (Lipinski definition) is 2. The van der Waals surface area contributed by atoms with E-state index in [2.05, 4.69) is 10.6 Å². The molecule has 0 aromatic heterocycles. The van der Waals surface area contributed by atoms with Crippen LogP contribution in [-0.4, -0.2) is 36.0 Å². The van der Waals surface area contributed by atoms with Crippen molar-refractivity contribution in [2.24, 2.45) is 5.41 Å². The van der Waals surface area contributed by atoms with Crippen LogP contribution in [0.1, 0.15) is 33.6 Å². The lowest BCUT2D eigenvalue weighted by Crippen LogP contribution is -2.49. The third-order valence-electron chi connectivity index (χ3n) is 3.91. The summed E-state index contributed by atoms with van der Waals surface area (Å²) in [6, 6.07) is 5.87. The average Bonchev–Trinajstić information content (AvgIpc) is 2.49. The van der Waals surface area contributed by atoms with Gasteiger partial charge in [-0.15, -0.1) is 0 Å². The second-order valence-electron chi connectivity index (χ2n) is 6.89. The van der Waals surface area contributed by atoms with Crippen LogP contribution in [0.2, 0.25) is 0 Å². The molecule has 0 unspecified atom stereocenters. The summed E-state index contributed by atoms with van der Waals surface area (Å²) in [6.07, 6.45) is 1.40.